The summed E-state index contributed by atoms with van der Waals surface area (Å²) in [4.78, 5) is 34.7. The number of nitrogens with one attached hydrogen (secondary N) is 1. The van der Waals surface area contributed by atoms with Crippen LogP contribution in [0.5, 0.6) is 0 Å². The number of aromatic nitrogens is 3. The number of fused-ring (bicyclic) bond motifs is 1. The van der Waals surface area contributed by atoms with Gasteiger partial charge in [-0.05, 0) is 39.4 Å². The monoisotopic (exact) mass is 420 g/mol. The van der Waals surface area contributed by atoms with Crippen LogP contribution in [0.1, 0.15) is 28.5 Å². The lowest BCUT2D eigenvalue weighted by Gasteiger charge is -2.38. The standard InChI is InChI=1S/C23H28N6O2/c1-5-29-10-9-20(26-29)25-22(30)19-14-28(12-11-27(19)4)23(31)18-13-17-8-6-7-15(2)21(17)24-16(18)3/h6-10,13,19H,5,11-12,14H2,1-4H3,(H,25,26,30)/t19-/m0/s1. The predicted octanol–water partition coefficient (Wildman–Crippen LogP) is 2.46. The van der Waals surface area contributed by atoms with E-state index < -0.39 is 6.04 Å². The summed E-state index contributed by atoms with van der Waals surface area (Å²) in [6.45, 7) is 8.11. The second-order valence-corrected chi connectivity index (χ2v) is 8.06. The van der Waals surface area contributed by atoms with E-state index in [1.54, 1.807) is 15.6 Å². The fourth-order valence-corrected chi connectivity index (χ4v) is 3.98. The van der Waals surface area contributed by atoms with Gasteiger partial charge in [-0.15, -0.1) is 0 Å². The van der Waals surface area contributed by atoms with Gasteiger partial charge in [-0.1, -0.05) is 18.2 Å². The molecule has 1 aliphatic rings. The Hall–Kier alpha value is -3.26. The number of amides is 2. The molecule has 1 aromatic carbocycles. The summed E-state index contributed by atoms with van der Waals surface area (Å²) >= 11 is 0. The van der Waals surface area contributed by atoms with Gasteiger partial charge < -0.3 is 10.2 Å². The first-order valence-electron chi connectivity index (χ1n) is 10.6. The molecule has 162 valence electrons. The number of piperazine rings is 1. The summed E-state index contributed by atoms with van der Waals surface area (Å²) < 4.78 is 1.76. The van der Waals surface area contributed by atoms with Crippen LogP contribution in [0.4, 0.5) is 5.82 Å². The average molecular weight is 421 g/mol. The molecule has 0 bridgehead atoms. The molecule has 2 aromatic heterocycles. The van der Waals surface area contributed by atoms with E-state index >= 15 is 0 Å². The first-order chi connectivity index (χ1) is 14.9. The highest BCUT2D eigenvalue weighted by atomic mass is 16.2. The number of nitrogens with zero attached hydrogens (tertiary/aromatic N) is 5. The molecule has 8 nitrogen and oxygen atoms in total. The predicted molar refractivity (Wildman–Crippen MR) is 120 cm³/mol. The Morgan fingerprint density at radius 2 is 2.00 bits per heavy atom. The molecule has 0 aliphatic carbocycles. The maximum Gasteiger partial charge on any atom is 0.255 e. The van der Waals surface area contributed by atoms with Crippen LogP contribution >= 0.6 is 0 Å². The lowest BCUT2D eigenvalue weighted by Crippen LogP contribution is -2.57. The third-order valence-electron chi connectivity index (χ3n) is 5.92. The fourth-order valence-electron chi connectivity index (χ4n) is 3.98. The van der Waals surface area contributed by atoms with Crippen molar-refractivity contribution in [3.8, 4) is 0 Å². The van der Waals surface area contributed by atoms with Crippen LogP contribution in [-0.4, -0.2) is 69.1 Å². The number of pyridine rings is 1. The van der Waals surface area contributed by atoms with E-state index in [0.717, 1.165) is 23.0 Å². The van der Waals surface area contributed by atoms with E-state index in [1.807, 2.05) is 63.2 Å². The van der Waals surface area contributed by atoms with E-state index in [4.69, 9.17) is 0 Å². The van der Waals surface area contributed by atoms with Crippen molar-refractivity contribution in [1.29, 1.82) is 0 Å². The van der Waals surface area contributed by atoms with Crippen LogP contribution in [0.2, 0.25) is 0 Å². The summed E-state index contributed by atoms with van der Waals surface area (Å²) in [6, 6.07) is 9.21. The SMILES string of the molecule is CCn1ccc(NC(=O)[C@@H]2CN(C(=O)c3cc4cccc(C)c4nc3C)CCN2C)n1. The number of likely N-dealkylation sites (N-methyl/N-ethyl adjacent to an activating group) is 1. The van der Waals surface area contributed by atoms with E-state index in [0.29, 0.717) is 36.7 Å². The molecule has 3 aromatic rings. The molecule has 1 saturated heterocycles. The Balaban J connectivity index is 1.53. The Kier molecular flexibility index (Phi) is 5.73. The van der Waals surface area contributed by atoms with Gasteiger partial charge in [-0.3, -0.25) is 24.2 Å². The van der Waals surface area contributed by atoms with Gasteiger partial charge in [-0.25, -0.2) is 0 Å². The van der Waals surface area contributed by atoms with E-state index in [9.17, 15) is 9.59 Å². The first-order valence-corrected chi connectivity index (χ1v) is 10.6. The molecule has 4 rings (SSSR count). The van der Waals surface area contributed by atoms with Crippen LogP contribution < -0.4 is 5.32 Å². The van der Waals surface area contributed by atoms with Gasteiger partial charge in [0, 0.05) is 43.8 Å². The molecule has 2 amide bonds. The smallest absolute Gasteiger partial charge is 0.255 e. The van der Waals surface area contributed by atoms with Gasteiger partial charge in [0.05, 0.1) is 16.8 Å². The summed E-state index contributed by atoms with van der Waals surface area (Å²) in [5.74, 6) is 0.272. The third-order valence-corrected chi connectivity index (χ3v) is 5.92. The topological polar surface area (TPSA) is 83.4 Å². The zero-order valence-corrected chi connectivity index (χ0v) is 18.4. The van der Waals surface area contributed by atoms with Gasteiger partial charge in [-0.2, -0.15) is 5.10 Å². The van der Waals surface area contributed by atoms with Crippen LogP contribution in [0, 0.1) is 13.8 Å². The Morgan fingerprint density at radius 3 is 2.74 bits per heavy atom. The van der Waals surface area contributed by atoms with Crippen molar-refractivity contribution in [2.45, 2.75) is 33.4 Å². The van der Waals surface area contributed by atoms with Gasteiger partial charge in [0.15, 0.2) is 5.82 Å². The minimum atomic E-state index is -0.444. The summed E-state index contributed by atoms with van der Waals surface area (Å²) in [6.07, 6.45) is 1.83. The van der Waals surface area contributed by atoms with Crippen LogP contribution in [0.3, 0.4) is 0 Å². The number of carbonyl (C=O) groups excluding carboxylic acids is 2. The number of aryl methyl sites for hydroxylation is 3. The van der Waals surface area contributed by atoms with Crippen molar-refractivity contribution in [3.63, 3.8) is 0 Å². The molecule has 1 N–H and O–H groups in total. The highest BCUT2D eigenvalue weighted by Crippen LogP contribution is 2.22. The van der Waals surface area contributed by atoms with Gasteiger partial charge >= 0.3 is 0 Å². The molecule has 0 saturated carbocycles. The third kappa shape index (κ3) is 4.16. The highest BCUT2D eigenvalue weighted by molar-refractivity contribution is 6.00. The zero-order chi connectivity index (χ0) is 22.1. The zero-order valence-electron chi connectivity index (χ0n) is 18.4. The number of benzene rings is 1. The van der Waals surface area contributed by atoms with Crippen LogP contribution in [0.25, 0.3) is 10.9 Å². The number of rotatable bonds is 4. The lowest BCUT2D eigenvalue weighted by atomic mass is 10.0. The molecule has 31 heavy (non-hydrogen) atoms. The van der Waals surface area contributed by atoms with E-state index in [-0.39, 0.29) is 11.8 Å². The second kappa shape index (κ2) is 8.47. The Bertz CT molecular complexity index is 1140. The van der Waals surface area contributed by atoms with Gasteiger partial charge in [0.2, 0.25) is 5.91 Å². The number of hydrogen-bond donors (Lipinski definition) is 1. The number of para-hydroxylation sites is 1. The van der Waals surface area contributed by atoms with E-state index in [1.165, 1.54) is 0 Å². The van der Waals surface area contributed by atoms with Crippen molar-refractivity contribution < 1.29 is 9.59 Å². The maximum absolute atomic E-state index is 13.3. The minimum absolute atomic E-state index is 0.0884. The molecule has 0 radical (unpaired) electrons. The van der Waals surface area contributed by atoms with Crippen molar-refractivity contribution >= 4 is 28.5 Å². The number of hydrogen-bond acceptors (Lipinski definition) is 5. The molecular formula is C23H28N6O2. The van der Waals surface area contributed by atoms with Crippen molar-refractivity contribution in [2.24, 2.45) is 0 Å². The van der Waals surface area contributed by atoms with Gasteiger partial charge in [0.1, 0.15) is 6.04 Å². The molecule has 1 fully saturated rings. The van der Waals surface area contributed by atoms with Crippen LogP contribution in [0.15, 0.2) is 36.5 Å². The molecular weight excluding hydrogens is 392 g/mol. The largest absolute Gasteiger partial charge is 0.335 e. The summed E-state index contributed by atoms with van der Waals surface area (Å²) in [7, 11) is 1.91. The summed E-state index contributed by atoms with van der Waals surface area (Å²) in [5.41, 5.74) is 3.29. The average Bonchev–Trinajstić information content (AvgIpc) is 3.21. The van der Waals surface area contributed by atoms with Crippen LogP contribution in [-0.2, 0) is 11.3 Å². The summed E-state index contributed by atoms with van der Waals surface area (Å²) in [5, 5.41) is 8.14. The van der Waals surface area contributed by atoms with Gasteiger partial charge in [0.25, 0.3) is 5.91 Å². The molecule has 8 heteroatoms. The Morgan fingerprint density at radius 1 is 1.19 bits per heavy atom. The minimum Gasteiger partial charge on any atom is -0.335 e. The Labute approximate surface area is 181 Å². The quantitative estimate of drug-likeness (QED) is 0.701. The lowest BCUT2D eigenvalue weighted by molar-refractivity contribution is -0.122. The number of anilines is 1. The molecule has 1 aliphatic heterocycles. The van der Waals surface area contributed by atoms with Crippen molar-refractivity contribution in [1.82, 2.24) is 24.6 Å². The van der Waals surface area contributed by atoms with Crippen molar-refractivity contribution in [3.05, 3.63) is 53.3 Å². The van der Waals surface area contributed by atoms with Crippen molar-refractivity contribution in [2.75, 3.05) is 32.0 Å². The fraction of sp³-hybridized carbons (Fsp3) is 0.391. The molecule has 3 heterocycles. The normalized spacial score (nSPS) is 17.2. The van der Waals surface area contributed by atoms with E-state index in [2.05, 4.69) is 15.4 Å². The molecule has 1 atom stereocenters. The highest BCUT2D eigenvalue weighted by Gasteiger charge is 2.33. The molecule has 0 unspecified atom stereocenters. The molecule has 0 spiro atoms. The maximum atomic E-state index is 13.3. The second-order valence-electron chi connectivity index (χ2n) is 8.06. The number of carbonyl (C=O) groups is 2. The first kappa shape index (κ1) is 21.0.